The minimum absolute atomic E-state index is 0.0489. The molecule has 2 saturated heterocycles. The summed E-state index contributed by atoms with van der Waals surface area (Å²) >= 11 is 0. The molecular formula is C28H36N6O4. The summed E-state index contributed by atoms with van der Waals surface area (Å²) in [5, 5.41) is 6.21. The van der Waals surface area contributed by atoms with Crippen LogP contribution in [0.15, 0.2) is 36.4 Å². The van der Waals surface area contributed by atoms with Crippen molar-refractivity contribution in [2.45, 2.75) is 26.8 Å². The number of nitrogens with one attached hydrogen (secondary N) is 2. The smallest absolute Gasteiger partial charge is 0.309 e. The van der Waals surface area contributed by atoms with Gasteiger partial charge >= 0.3 is 5.97 Å². The number of nitrogens with zero attached hydrogens (tertiary/aromatic N) is 4. The van der Waals surface area contributed by atoms with Crippen molar-refractivity contribution in [3.05, 3.63) is 42.1 Å². The number of anilines is 1. The van der Waals surface area contributed by atoms with Gasteiger partial charge in [-0.25, -0.2) is 9.97 Å². The number of carbonyl (C=O) groups excluding carboxylic acids is 3. The van der Waals surface area contributed by atoms with Crippen molar-refractivity contribution in [3.8, 4) is 11.4 Å². The summed E-state index contributed by atoms with van der Waals surface area (Å²) in [6.45, 7) is 10.2. The van der Waals surface area contributed by atoms with E-state index in [4.69, 9.17) is 9.72 Å². The van der Waals surface area contributed by atoms with Gasteiger partial charge in [-0.15, -0.1) is 0 Å². The average Bonchev–Trinajstić information content (AvgIpc) is 3.45. The monoisotopic (exact) mass is 520 g/mol. The molecule has 2 unspecified atom stereocenters. The van der Waals surface area contributed by atoms with Crippen molar-refractivity contribution in [2.75, 3.05) is 50.8 Å². The van der Waals surface area contributed by atoms with Crippen molar-refractivity contribution in [1.82, 2.24) is 25.5 Å². The Balaban J connectivity index is 1.38. The first kappa shape index (κ1) is 26.1. The van der Waals surface area contributed by atoms with Gasteiger partial charge in [0.2, 0.25) is 5.91 Å². The molecule has 2 aromatic rings. The Hall–Kier alpha value is -3.53. The van der Waals surface area contributed by atoms with Crippen molar-refractivity contribution >= 4 is 23.6 Å². The molecule has 10 nitrogen and oxygen atoms in total. The van der Waals surface area contributed by atoms with Crippen LogP contribution in [0, 0.1) is 23.7 Å². The lowest BCUT2D eigenvalue weighted by molar-refractivity contribution is -0.145. The van der Waals surface area contributed by atoms with Crippen LogP contribution >= 0.6 is 0 Å². The largest absolute Gasteiger partial charge is 0.466 e. The first-order valence-electron chi connectivity index (χ1n) is 13.5. The zero-order valence-corrected chi connectivity index (χ0v) is 22.2. The molecule has 1 aromatic heterocycles. The number of piperidine rings is 1. The lowest BCUT2D eigenvalue weighted by atomic mass is 10.0. The van der Waals surface area contributed by atoms with Crippen molar-refractivity contribution in [1.29, 1.82) is 0 Å². The van der Waals surface area contributed by atoms with Crippen LogP contribution in [0.25, 0.3) is 11.4 Å². The fraction of sp³-hybridized carbons (Fsp3) is 0.536. The predicted molar refractivity (Wildman–Crippen MR) is 142 cm³/mol. The summed E-state index contributed by atoms with van der Waals surface area (Å²) < 4.78 is 5.22. The number of hydrogen-bond acceptors (Lipinski definition) is 8. The number of piperazine rings is 1. The zero-order chi connectivity index (χ0) is 26.8. The van der Waals surface area contributed by atoms with E-state index in [9.17, 15) is 14.4 Å². The molecule has 0 spiro atoms. The molecule has 2 N–H and O–H groups in total. The van der Waals surface area contributed by atoms with Gasteiger partial charge in [0.25, 0.3) is 5.91 Å². The number of aromatic nitrogens is 2. The topological polar surface area (TPSA) is 117 Å². The Bertz CT molecular complexity index is 1170. The van der Waals surface area contributed by atoms with Crippen LogP contribution in [0.2, 0.25) is 0 Å². The maximum atomic E-state index is 13.5. The van der Waals surface area contributed by atoms with Crippen LogP contribution in [0.3, 0.4) is 0 Å². The van der Waals surface area contributed by atoms with E-state index in [-0.39, 0.29) is 41.2 Å². The van der Waals surface area contributed by atoms with Gasteiger partial charge in [0.05, 0.1) is 12.5 Å². The van der Waals surface area contributed by atoms with Gasteiger partial charge in [-0.05, 0) is 24.7 Å². The predicted octanol–water partition coefficient (Wildman–Crippen LogP) is 1.58. The van der Waals surface area contributed by atoms with Crippen molar-refractivity contribution in [3.63, 3.8) is 0 Å². The second-order valence-electron chi connectivity index (χ2n) is 10.6. The summed E-state index contributed by atoms with van der Waals surface area (Å²) in [5.74, 6) is 0.849. The molecule has 0 bridgehead atoms. The summed E-state index contributed by atoms with van der Waals surface area (Å²) in [4.78, 5) is 52.3. The fourth-order valence-electron chi connectivity index (χ4n) is 5.54. The number of benzene rings is 1. The minimum atomic E-state index is -0.649. The molecule has 3 atom stereocenters. The minimum Gasteiger partial charge on any atom is -0.466 e. The Morgan fingerprint density at radius 1 is 1.08 bits per heavy atom. The Morgan fingerprint density at radius 3 is 2.39 bits per heavy atom. The highest BCUT2D eigenvalue weighted by Gasteiger charge is 2.60. The number of fused-ring (bicyclic) bond motifs is 1. The van der Waals surface area contributed by atoms with Crippen LogP contribution in [-0.2, 0) is 14.3 Å². The van der Waals surface area contributed by atoms with Gasteiger partial charge < -0.3 is 25.2 Å². The first-order chi connectivity index (χ1) is 18.4. The molecule has 2 amide bonds. The number of carbonyl (C=O) groups is 3. The van der Waals surface area contributed by atoms with Crippen LogP contribution in [0.4, 0.5) is 5.82 Å². The SMILES string of the molecule is CCOC(=O)C1C2CN(c3cc(C(=O)N[C@H](C(=O)N4CCNCC4)C(C)C)nc(-c4ccccc4)n3)CC21. The fourth-order valence-corrected chi connectivity index (χ4v) is 5.54. The standard InChI is InChI=1S/C28H36N6O4/c1-4-38-28(37)23-19-15-34(16-20(19)23)22-14-21(30-25(31-22)18-8-6-5-7-9-18)26(35)32-24(17(2)3)27(36)33-12-10-29-11-13-33/h5-9,14,17,19-20,23-24,29H,4,10-13,15-16H2,1-3H3,(H,32,35)/t19?,20?,23?,24-/m0/s1. The van der Waals surface area contributed by atoms with Crippen LogP contribution in [0.5, 0.6) is 0 Å². The number of ether oxygens (including phenoxy) is 1. The second kappa shape index (κ2) is 11.1. The van der Waals surface area contributed by atoms with E-state index in [0.717, 1.165) is 18.7 Å². The van der Waals surface area contributed by atoms with E-state index >= 15 is 0 Å². The number of rotatable bonds is 8. The molecule has 10 heteroatoms. The van der Waals surface area contributed by atoms with Crippen LogP contribution in [-0.4, -0.2) is 84.6 Å². The molecule has 38 heavy (non-hydrogen) atoms. The zero-order valence-electron chi connectivity index (χ0n) is 22.2. The molecule has 2 aliphatic heterocycles. The maximum Gasteiger partial charge on any atom is 0.309 e. The van der Waals surface area contributed by atoms with Gasteiger partial charge in [-0.3, -0.25) is 14.4 Å². The molecule has 5 rings (SSSR count). The van der Waals surface area contributed by atoms with E-state index in [0.29, 0.717) is 44.4 Å². The molecule has 0 radical (unpaired) electrons. The molecule has 1 aliphatic carbocycles. The van der Waals surface area contributed by atoms with Gasteiger partial charge in [-0.2, -0.15) is 0 Å². The average molecular weight is 521 g/mol. The van der Waals surface area contributed by atoms with Crippen LogP contribution in [0.1, 0.15) is 31.3 Å². The van der Waals surface area contributed by atoms with Gasteiger partial charge in [0, 0.05) is 50.9 Å². The highest BCUT2D eigenvalue weighted by Crippen LogP contribution is 2.53. The number of amides is 2. The normalized spacial score (nSPS) is 23.1. The third-order valence-corrected chi connectivity index (χ3v) is 7.70. The summed E-state index contributed by atoms with van der Waals surface area (Å²) in [7, 11) is 0. The third kappa shape index (κ3) is 5.36. The van der Waals surface area contributed by atoms with E-state index in [2.05, 4.69) is 20.5 Å². The summed E-state index contributed by atoms with van der Waals surface area (Å²) in [6, 6.07) is 10.6. The molecule has 3 fully saturated rings. The van der Waals surface area contributed by atoms with E-state index in [1.807, 2.05) is 51.1 Å². The second-order valence-corrected chi connectivity index (χ2v) is 10.6. The molecule has 1 saturated carbocycles. The lowest BCUT2D eigenvalue weighted by Crippen LogP contribution is -2.55. The van der Waals surface area contributed by atoms with E-state index in [1.54, 1.807) is 11.0 Å². The highest BCUT2D eigenvalue weighted by atomic mass is 16.5. The third-order valence-electron chi connectivity index (χ3n) is 7.70. The molecule has 1 aromatic carbocycles. The summed E-state index contributed by atoms with van der Waals surface area (Å²) in [6.07, 6.45) is 0. The Kier molecular flexibility index (Phi) is 7.60. The highest BCUT2D eigenvalue weighted by molar-refractivity contribution is 5.97. The van der Waals surface area contributed by atoms with Crippen molar-refractivity contribution < 1.29 is 19.1 Å². The lowest BCUT2D eigenvalue weighted by Gasteiger charge is -2.32. The van der Waals surface area contributed by atoms with E-state index in [1.165, 1.54) is 0 Å². The Labute approximate surface area is 223 Å². The van der Waals surface area contributed by atoms with Crippen molar-refractivity contribution in [2.24, 2.45) is 23.7 Å². The molecular weight excluding hydrogens is 484 g/mol. The number of esters is 1. The van der Waals surface area contributed by atoms with Gasteiger partial charge in [0.15, 0.2) is 5.82 Å². The van der Waals surface area contributed by atoms with Gasteiger partial charge in [0.1, 0.15) is 17.6 Å². The first-order valence-corrected chi connectivity index (χ1v) is 13.5. The quantitative estimate of drug-likeness (QED) is 0.504. The molecule has 3 heterocycles. The molecule has 202 valence electrons. The van der Waals surface area contributed by atoms with E-state index < -0.39 is 11.9 Å². The number of hydrogen-bond donors (Lipinski definition) is 2. The van der Waals surface area contributed by atoms with Crippen LogP contribution < -0.4 is 15.5 Å². The molecule has 3 aliphatic rings. The summed E-state index contributed by atoms with van der Waals surface area (Å²) in [5.41, 5.74) is 1.02. The maximum absolute atomic E-state index is 13.5. The van der Waals surface area contributed by atoms with Gasteiger partial charge in [-0.1, -0.05) is 44.2 Å². The Morgan fingerprint density at radius 2 is 1.76 bits per heavy atom.